The number of carbonyl (C=O) groups excluding carboxylic acids is 1. The third kappa shape index (κ3) is 3.95. The zero-order valence-corrected chi connectivity index (χ0v) is 13.3. The summed E-state index contributed by atoms with van der Waals surface area (Å²) in [5, 5.41) is 10.6. The van der Waals surface area contributed by atoms with Gasteiger partial charge in [-0.2, -0.15) is 13.2 Å². The van der Waals surface area contributed by atoms with E-state index in [0.29, 0.717) is 5.56 Å². The van der Waals surface area contributed by atoms with Gasteiger partial charge in [0.25, 0.3) is 0 Å². The first-order valence-electron chi connectivity index (χ1n) is 7.63. The summed E-state index contributed by atoms with van der Waals surface area (Å²) in [5.74, 6) is -0.222. The van der Waals surface area contributed by atoms with Gasteiger partial charge in [0.05, 0.1) is 24.8 Å². The van der Waals surface area contributed by atoms with Crippen molar-refractivity contribution in [3.05, 3.63) is 41.7 Å². The van der Waals surface area contributed by atoms with Gasteiger partial charge in [-0.3, -0.25) is 4.79 Å². The second-order valence-electron chi connectivity index (χ2n) is 5.85. The van der Waals surface area contributed by atoms with Crippen LogP contribution in [0.15, 0.2) is 30.6 Å². The number of tetrazole rings is 1. The maximum Gasteiger partial charge on any atom is 0.416 e. The largest absolute Gasteiger partial charge is 0.416 e. The number of nitrogens with zero attached hydrogens (tertiary/aromatic N) is 5. The molecule has 2 atom stereocenters. The summed E-state index contributed by atoms with van der Waals surface area (Å²) in [4.78, 5) is 14.0. The van der Waals surface area contributed by atoms with Crippen molar-refractivity contribution in [1.29, 1.82) is 0 Å². The van der Waals surface area contributed by atoms with Crippen molar-refractivity contribution in [2.45, 2.75) is 31.8 Å². The van der Waals surface area contributed by atoms with Gasteiger partial charge in [0.1, 0.15) is 19.0 Å². The van der Waals surface area contributed by atoms with Crippen molar-refractivity contribution in [2.24, 2.45) is 0 Å². The van der Waals surface area contributed by atoms with E-state index in [9.17, 15) is 18.0 Å². The molecular formula is C15H16F3N5O2. The molecule has 2 heterocycles. The Hall–Kier alpha value is -2.49. The van der Waals surface area contributed by atoms with Crippen LogP contribution in [0.3, 0.4) is 0 Å². The number of rotatable bonds is 3. The number of halogens is 3. The Morgan fingerprint density at radius 3 is 2.88 bits per heavy atom. The lowest BCUT2D eigenvalue weighted by atomic mass is 10.0. The number of morpholine rings is 1. The molecule has 0 bridgehead atoms. The third-order valence-electron chi connectivity index (χ3n) is 4.03. The Balaban J connectivity index is 1.75. The predicted octanol–water partition coefficient (Wildman–Crippen LogP) is 1.68. The van der Waals surface area contributed by atoms with Crippen LogP contribution in [0.1, 0.15) is 24.2 Å². The van der Waals surface area contributed by atoms with Gasteiger partial charge in [0.15, 0.2) is 0 Å². The highest BCUT2D eigenvalue weighted by molar-refractivity contribution is 5.76. The molecule has 1 aromatic heterocycles. The number of benzene rings is 1. The van der Waals surface area contributed by atoms with Crippen LogP contribution >= 0.6 is 0 Å². The number of hydrogen-bond donors (Lipinski definition) is 0. The number of ether oxygens (including phenoxy) is 1. The molecule has 1 aromatic carbocycles. The molecule has 0 spiro atoms. The Kier molecular flexibility index (Phi) is 4.71. The standard InChI is InChI=1S/C15H16F3N5O2/c1-10-8-25-13(11-3-2-4-12(5-11)15(16,17)18)6-23(10)14(24)7-22-9-19-20-21-22/h2-5,9-10,13H,6-8H2,1H3. The average Bonchev–Trinajstić information content (AvgIpc) is 3.07. The number of carbonyl (C=O) groups is 1. The molecule has 2 aromatic rings. The molecule has 134 valence electrons. The van der Waals surface area contributed by atoms with E-state index >= 15 is 0 Å². The van der Waals surface area contributed by atoms with E-state index in [1.54, 1.807) is 11.0 Å². The minimum absolute atomic E-state index is 0.0351. The van der Waals surface area contributed by atoms with Crippen molar-refractivity contribution >= 4 is 5.91 Å². The average molecular weight is 355 g/mol. The molecule has 1 fully saturated rings. The smallest absolute Gasteiger partial charge is 0.370 e. The Morgan fingerprint density at radius 2 is 2.20 bits per heavy atom. The number of hydrogen-bond acceptors (Lipinski definition) is 5. The van der Waals surface area contributed by atoms with Crippen molar-refractivity contribution in [3.63, 3.8) is 0 Å². The van der Waals surface area contributed by atoms with Crippen LogP contribution in [0.4, 0.5) is 13.2 Å². The molecular weight excluding hydrogens is 339 g/mol. The van der Waals surface area contributed by atoms with Crippen molar-refractivity contribution in [2.75, 3.05) is 13.2 Å². The third-order valence-corrected chi connectivity index (χ3v) is 4.03. The Labute approximate surface area is 141 Å². The van der Waals surface area contributed by atoms with Crippen LogP contribution in [0.2, 0.25) is 0 Å². The summed E-state index contributed by atoms with van der Waals surface area (Å²) in [7, 11) is 0. The Morgan fingerprint density at radius 1 is 1.40 bits per heavy atom. The molecule has 25 heavy (non-hydrogen) atoms. The molecule has 7 nitrogen and oxygen atoms in total. The van der Waals surface area contributed by atoms with E-state index in [1.807, 2.05) is 6.92 Å². The van der Waals surface area contributed by atoms with E-state index in [-0.39, 0.29) is 31.6 Å². The molecule has 1 saturated heterocycles. The molecule has 3 rings (SSSR count). The zero-order chi connectivity index (χ0) is 18.0. The number of aromatic nitrogens is 4. The monoisotopic (exact) mass is 355 g/mol. The van der Waals surface area contributed by atoms with Crippen LogP contribution in [-0.2, 0) is 22.3 Å². The minimum Gasteiger partial charge on any atom is -0.370 e. The lowest BCUT2D eigenvalue weighted by molar-refractivity contribution is -0.146. The highest BCUT2D eigenvalue weighted by Crippen LogP contribution is 2.32. The van der Waals surface area contributed by atoms with Crippen LogP contribution in [0.5, 0.6) is 0 Å². The quantitative estimate of drug-likeness (QED) is 0.838. The summed E-state index contributed by atoms with van der Waals surface area (Å²) in [5.41, 5.74) is -0.347. The maximum absolute atomic E-state index is 12.9. The van der Waals surface area contributed by atoms with Crippen LogP contribution in [-0.4, -0.2) is 50.2 Å². The first-order valence-corrected chi connectivity index (χ1v) is 7.63. The van der Waals surface area contributed by atoms with E-state index < -0.39 is 17.8 Å². The molecule has 2 unspecified atom stereocenters. The summed E-state index contributed by atoms with van der Waals surface area (Å²) < 4.78 is 45.6. The van der Waals surface area contributed by atoms with Gasteiger partial charge in [-0.15, -0.1) is 5.10 Å². The van der Waals surface area contributed by atoms with E-state index in [1.165, 1.54) is 17.1 Å². The van der Waals surface area contributed by atoms with Gasteiger partial charge in [0.2, 0.25) is 5.91 Å². The van der Waals surface area contributed by atoms with Gasteiger partial charge in [-0.1, -0.05) is 12.1 Å². The van der Waals surface area contributed by atoms with Crippen LogP contribution in [0, 0.1) is 0 Å². The second kappa shape index (κ2) is 6.79. The normalized spacial score (nSPS) is 21.4. The van der Waals surface area contributed by atoms with Crippen molar-refractivity contribution < 1.29 is 22.7 Å². The number of alkyl halides is 3. The molecule has 1 aliphatic rings. The fraction of sp³-hybridized carbons (Fsp3) is 0.467. The molecule has 1 amide bonds. The minimum atomic E-state index is -4.42. The SMILES string of the molecule is CC1COC(c2cccc(C(F)(F)F)c2)CN1C(=O)Cn1cnnn1. The van der Waals surface area contributed by atoms with Crippen molar-refractivity contribution in [3.8, 4) is 0 Å². The molecule has 0 aliphatic carbocycles. The van der Waals surface area contributed by atoms with Gasteiger partial charge in [-0.25, -0.2) is 4.68 Å². The maximum atomic E-state index is 12.9. The first kappa shape index (κ1) is 17.3. The molecule has 0 N–H and O–H groups in total. The van der Waals surface area contributed by atoms with Gasteiger partial charge < -0.3 is 9.64 Å². The summed E-state index contributed by atoms with van der Waals surface area (Å²) in [6.07, 6.45) is -3.71. The first-order chi connectivity index (χ1) is 11.8. The lowest BCUT2D eigenvalue weighted by Gasteiger charge is -2.38. The zero-order valence-electron chi connectivity index (χ0n) is 13.3. The Bertz CT molecular complexity index is 735. The van der Waals surface area contributed by atoms with Crippen LogP contribution < -0.4 is 0 Å². The summed E-state index contributed by atoms with van der Waals surface area (Å²) >= 11 is 0. The van der Waals surface area contributed by atoms with E-state index in [0.717, 1.165) is 12.1 Å². The second-order valence-corrected chi connectivity index (χ2v) is 5.85. The molecule has 0 radical (unpaired) electrons. The van der Waals surface area contributed by atoms with Gasteiger partial charge >= 0.3 is 6.18 Å². The number of amides is 1. The fourth-order valence-electron chi connectivity index (χ4n) is 2.70. The van der Waals surface area contributed by atoms with Crippen molar-refractivity contribution in [1.82, 2.24) is 25.1 Å². The lowest BCUT2D eigenvalue weighted by Crippen LogP contribution is -2.49. The topological polar surface area (TPSA) is 73.1 Å². The highest BCUT2D eigenvalue weighted by Gasteiger charge is 2.34. The molecule has 1 aliphatic heterocycles. The van der Waals surface area contributed by atoms with Gasteiger partial charge in [0, 0.05) is 0 Å². The molecule has 10 heteroatoms. The van der Waals surface area contributed by atoms with Gasteiger partial charge in [-0.05, 0) is 35.0 Å². The van der Waals surface area contributed by atoms with Crippen LogP contribution in [0.25, 0.3) is 0 Å². The highest BCUT2D eigenvalue weighted by atomic mass is 19.4. The fourth-order valence-corrected chi connectivity index (χ4v) is 2.70. The molecule has 0 saturated carbocycles. The van der Waals surface area contributed by atoms with E-state index in [4.69, 9.17) is 4.74 Å². The van der Waals surface area contributed by atoms with E-state index in [2.05, 4.69) is 15.5 Å². The predicted molar refractivity (Wildman–Crippen MR) is 79.1 cm³/mol. The summed E-state index contributed by atoms with van der Waals surface area (Å²) in [6.45, 7) is 2.19. The summed E-state index contributed by atoms with van der Waals surface area (Å²) in [6, 6.07) is 4.79.